The van der Waals surface area contributed by atoms with Crippen molar-refractivity contribution in [3.8, 4) is 0 Å². The maximum absolute atomic E-state index is 12.1. The van der Waals surface area contributed by atoms with Crippen molar-refractivity contribution < 1.29 is 4.79 Å². The van der Waals surface area contributed by atoms with Gasteiger partial charge in [0.25, 0.3) is 5.91 Å². The normalized spacial score (nSPS) is 10.6. The number of carbonyl (C=O) groups excluding carboxylic acids is 1. The number of rotatable bonds is 4. The number of carbonyl (C=O) groups is 1. The fourth-order valence-corrected chi connectivity index (χ4v) is 2.25. The molecule has 0 aliphatic carbocycles. The second kappa shape index (κ2) is 5.28. The zero-order valence-electron chi connectivity index (χ0n) is 10.3. The van der Waals surface area contributed by atoms with E-state index < -0.39 is 0 Å². The zero-order valence-corrected chi connectivity index (χ0v) is 11.1. The van der Waals surface area contributed by atoms with Crippen LogP contribution in [0, 0.1) is 0 Å². The van der Waals surface area contributed by atoms with Gasteiger partial charge < -0.3 is 10.6 Å². The molecule has 0 atom stereocenters. The number of thiazole rings is 1. The molecule has 2 aromatic heterocycles. The van der Waals surface area contributed by atoms with Crippen LogP contribution in [0.15, 0.2) is 17.8 Å². The highest BCUT2D eigenvalue weighted by molar-refractivity contribution is 7.09. The first-order valence-electron chi connectivity index (χ1n) is 5.47. The van der Waals surface area contributed by atoms with Crippen LogP contribution in [-0.2, 0) is 20.1 Å². The van der Waals surface area contributed by atoms with Crippen LogP contribution in [0.5, 0.6) is 0 Å². The van der Waals surface area contributed by atoms with Crippen molar-refractivity contribution in [3.05, 3.63) is 34.0 Å². The van der Waals surface area contributed by atoms with Crippen LogP contribution in [0.4, 0.5) is 0 Å². The minimum Gasteiger partial charge on any atom is -0.336 e. The summed E-state index contributed by atoms with van der Waals surface area (Å²) in [6, 6.07) is 0. The molecule has 0 saturated heterocycles. The molecule has 1 amide bonds. The monoisotopic (exact) mass is 265 g/mol. The van der Waals surface area contributed by atoms with Gasteiger partial charge in [0.05, 0.1) is 6.20 Å². The fourth-order valence-electron chi connectivity index (χ4n) is 1.60. The third-order valence-corrected chi connectivity index (χ3v) is 3.34. The lowest BCUT2D eigenvalue weighted by Crippen LogP contribution is -2.26. The summed E-state index contributed by atoms with van der Waals surface area (Å²) in [5.41, 5.74) is 6.92. The number of nitrogens with zero attached hydrogens (tertiary/aromatic N) is 4. The molecule has 7 heteroatoms. The first-order chi connectivity index (χ1) is 8.60. The van der Waals surface area contributed by atoms with E-state index in [1.54, 1.807) is 28.2 Å². The smallest absolute Gasteiger partial charge is 0.273 e. The molecular formula is C11H15N5OS. The van der Waals surface area contributed by atoms with Crippen LogP contribution in [0.1, 0.15) is 21.1 Å². The first-order valence-corrected chi connectivity index (χ1v) is 6.35. The summed E-state index contributed by atoms with van der Waals surface area (Å²) in [4.78, 5) is 17.9. The third kappa shape index (κ3) is 2.74. The minimum atomic E-state index is -0.102. The van der Waals surface area contributed by atoms with Crippen LogP contribution >= 0.6 is 11.3 Å². The Hall–Kier alpha value is -1.73. The lowest BCUT2D eigenvalue weighted by molar-refractivity contribution is 0.0780. The van der Waals surface area contributed by atoms with Crippen molar-refractivity contribution in [2.75, 3.05) is 7.05 Å². The van der Waals surface area contributed by atoms with Crippen LogP contribution < -0.4 is 5.73 Å². The highest BCUT2D eigenvalue weighted by Gasteiger charge is 2.15. The van der Waals surface area contributed by atoms with Gasteiger partial charge in [0.1, 0.15) is 10.7 Å². The van der Waals surface area contributed by atoms with E-state index in [-0.39, 0.29) is 5.91 Å². The molecule has 2 aromatic rings. The SMILES string of the molecule is CN(Cc1cnn(C)c1)C(=O)c1csc(CN)n1. The van der Waals surface area contributed by atoms with Crippen LogP contribution in [0.2, 0.25) is 0 Å². The standard InChI is InChI=1S/C11H15N5OS/c1-15(5-8-4-13-16(2)6-8)11(17)9-7-18-10(3-12)14-9/h4,6-7H,3,5,12H2,1-2H3. The Morgan fingerprint density at radius 3 is 2.94 bits per heavy atom. The van der Waals surface area contributed by atoms with Crippen molar-refractivity contribution in [2.45, 2.75) is 13.1 Å². The van der Waals surface area contributed by atoms with E-state index in [9.17, 15) is 4.79 Å². The molecule has 96 valence electrons. The molecule has 0 saturated carbocycles. The predicted octanol–water partition coefficient (Wildman–Crippen LogP) is 0.608. The summed E-state index contributed by atoms with van der Waals surface area (Å²) in [6.07, 6.45) is 3.63. The Morgan fingerprint density at radius 2 is 2.39 bits per heavy atom. The predicted molar refractivity (Wildman–Crippen MR) is 69.0 cm³/mol. The van der Waals surface area contributed by atoms with Crippen molar-refractivity contribution in [3.63, 3.8) is 0 Å². The number of nitrogens with two attached hydrogens (primary N) is 1. The fraction of sp³-hybridized carbons (Fsp3) is 0.364. The Bertz CT molecular complexity index is 547. The summed E-state index contributed by atoms with van der Waals surface area (Å²) in [6.45, 7) is 0.881. The van der Waals surface area contributed by atoms with Gasteiger partial charge in [-0.15, -0.1) is 11.3 Å². The van der Waals surface area contributed by atoms with E-state index in [2.05, 4.69) is 10.1 Å². The molecule has 0 unspecified atom stereocenters. The molecule has 2 heterocycles. The van der Waals surface area contributed by atoms with Crippen LogP contribution in [0.25, 0.3) is 0 Å². The summed E-state index contributed by atoms with van der Waals surface area (Å²) >= 11 is 1.41. The Morgan fingerprint density at radius 1 is 1.61 bits per heavy atom. The zero-order chi connectivity index (χ0) is 13.1. The topological polar surface area (TPSA) is 77.0 Å². The van der Waals surface area contributed by atoms with Gasteiger partial charge in [-0.05, 0) is 0 Å². The van der Waals surface area contributed by atoms with Crippen molar-refractivity contribution in [1.29, 1.82) is 0 Å². The molecule has 0 fully saturated rings. The minimum absolute atomic E-state index is 0.102. The Kier molecular flexibility index (Phi) is 3.73. The quantitative estimate of drug-likeness (QED) is 0.878. The number of amides is 1. The molecule has 0 aromatic carbocycles. The second-order valence-electron chi connectivity index (χ2n) is 4.01. The van der Waals surface area contributed by atoms with Crippen molar-refractivity contribution >= 4 is 17.2 Å². The summed E-state index contributed by atoms with van der Waals surface area (Å²) in [7, 11) is 3.59. The van der Waals surface area contributed by atoms with E-state index >= 15 is 0 Å². The van der Waals surface area contributed by atoms with Gasteiger partial charge in [-0.25, -0.2) is 4.98 Å². The van der Waals surface area contributed by atoms with E-state index in [0.29, 0.717) is 18.8 Å². The highest BCUT2D eigenvalue weighted by Crippen LogP contribution is 2.12. The average molecular weight is 265 g/mol. The average Bonchev–Trinajstić information content (AvgIpc) is 2.97. The molecule has 0 aliphatic heterocycles. The first kappa shape index (κ1) is 12.7. The number of hydrogen-bond acceptors (Lipinski definition) is 5. The maximum Gasteiger partial charge on any atom is 0.273 e. The summed E-state index contributed by atoms with van der Waals surface area (Å²) < 4.78 is 1.71. The summed E-state index contributed by atoms with van der Waals surface area (Å²) in [5, 5.41) is 6.58. The molecule has 6 nitrogen and oxygen atoms in total. The van der Waals surface area contributed by atoms with E-state index in [4.69, 9.17) is 5.73 Å². The van der Waals surface area contributed by atoms with E-state index in [0.717, 1.165) is 10.6 Å². The molecule has 18 heavy (non-hydrogen) atoms. The van der Waals surface area contributed by atoms with Gasteiger partial charge in [0.15, 0.2) is 0 Å². The number of hydrogen-bond donors (Lipinski definition) is 1. The van der Waals surface area contributed by atoms with Gasteiger partial charge in [-0.3, -0.25) is 9.48 Å². The molecule has 2 N–H and O–H groups in total. The summed E-state index contributed by atoms with van der Waals surface area (Å²) in [5.74, 6) is -0.102. The maximum atomic E-state index is 12.1. The molecule has 2 rings (SSSR count). The van der Waals surface area contributed by atoms with Gasteiger partial charge in [-0.1, -0.05) is 0 Å². The van der Waals surface area contributed by atoms with Gasteiger partial charge in [0.2, 0.25) is 0 Å². The molecular weight excluding hydrogens is 250 g/mol. The molecule has 0 radical (unpaired) electrons. The molecule has 0 spiro atoms. The lowest BCUT2D eigenvalue weighted by Gasteiger charge is -2.14. The van der Waals surface area contributed by atoms with Crippen molar-refractivity contribution in [1.82, 2.24) is 19.7 Å². The Balaban J connectivity index is 2.04. The second-order valence-corrected chi connectivity index (χ2v) is 4.96. The molecule has 0 bridgehead atoms. The Labute approximate surface area is 109 Å². The van der Waals surface area contributed by atoms with Gasteiger partial charge in [0, 0.05) is 44.3 Å². The van der Waals surface area contributed by atoms with Gasteiger partial charge in [-0.2, -0.15) is 5.10 Å². The number of aromatic nitrogens is 3. The van der Waals surface area contributed by atoms with Crippen LogP contribution in [-0.4, -0.2) is 32.6 Å². The third-order valence-electron chi connectivity index (χ3n) is 2.47. The van der Waals surface area contributed by atoms with Crippen molar-refractivity contribution in [2.24, 2.45) is 12.8 Å². The highest BCUT2D eigenvalue weighted by atomic mass is 32.1. The van der Waals surface area contributed by atoms with Crippen LogP contribution in [0.3, 0.4) is 0 Å². The van der Waals surface area contributed by atoms with E-state index in [1.165, 1.54) is 11.3 Å². The largest absolute Gasteiger partial charge is 0.336 e. The van der Waals surface area contributed by atoms with E-state index in [1.807, 2.05) is 13.2 Å². The van der Waals surface area contributed by atoms with Gasteiger partial charge >= 0.3 is 0 Å². The lowest BCUT2D eigenvalue weighted by atomic mass is 10.3. The number of aryl methyl sites for hydroxylation is 1. The molecule has 0 aliphatic rings.